The van der Waals surface area contributed by atoms with Gasteiger partial charge < -0.3 is 10.7 Å². The molecule has 188 valence electrons. The number of H-pyrrole nitrogens is 1. The van der Waals surface area contributed by atoms with Crippen LogP contribution in [-0.2, 0) is 13.5 Å². The van der Waals surface area contributed by atoms with E-state index >= 15 is 0 Å². The fourth-order valence-electron chi connectivity index (χ4n) is 4.63. The van der Waals surface area contributed by atoms with Gasteiger partial charge in [0.25, 0.3) is 5.56 Å². The molecular weight excluding hydrogens is 474 g/mol. The van der Waals surface area contributed by atoms with Crippen LogP contribution in [-0.4, -0.2) is 44.4 Å². The van der Waals surface area contributed by atoms with Crippen LogP contribution in [0.2, 0.25) is 0 Å². The molecular formula is C26H25N7O4. The zero-order valence-corrected chi connectivity index (χ0v) is 20.3. The van der Waals surface area contributed by atoms with E-state index in [2.05, 4.69) is 10.1 Å². The first-order valence-corrected chi connectivity index (χ1v) is 11.7. The van der Waals surface area contributed by atoms with Crippen LogP contribution >= 0.6 is 0 Å². The van der Waals surface area contributed by atoms with E-state index in [-0.39, 0.29) is 17.3 Å². The average Bonchev–Trinajstić information content (AvgIpc) is 3.45. The van der Waals surface area contributed by atoms with Crippen LogP contribution in [0, 0.1) is 0 Å². The Kier molecular flexibility index (Phi) is 5.96. The summed E-state index contributed by atoms with van der Waals surface area (Å²) in [5.74, 6) is -0.581. The monoisotopic (exact) mass is 499 g/mol. The van der Waals surface area contributed by atoms with Crippen molar-refractivity contribution < 1.29 is 9.59 Å². The molecule has 11 nitrogen and oxygen atoms in total. The van der Waals surface area contributed by atoms with Crippen molar-refractivity contribution in [1.82, 2.24) is 19.3 Å². The Morgan fingerprint density at radius 3 is 2.41 bits per heavy atom. The average molecular weight is 500 g/mol. The smallest absolute Gasteiger partial charge is 0.350 e. The van der Waals surface area contributed by atoms with Gasteiger partial charge >= 0.3 is 11.7 Å². The Morgan fingerprint density at radius 1 is 1.03 bits per heavy atom. The molecule has 0 saturated carbocycles. The van der Waals surface area contributed by atoms with E-state index in [0.29, 0.717) is 42.1 Å². The SMILES string of the molecule is CCc1c(-c2ccc(-n3cnn(C)c3=O)cc2)c[nH]c(=O)c1N1CCN(c2cccc(C(N)=O)c2)C1=O. The standard InChI is InChI=1S/C26H25N7O4/c1-3-20-21(16-7-9-18(10-8-16)33-15-29-30(2)25(33)36)14-28-24(35)22(20)32-12-11-31(26(32)37)19-6-4-5-17(13-19)23(27)34/h4-10,13-15H,3,11-12H2,1-2H3,(H2,27,34)(H,28,35). The lowest BCUT2D eigenvalue weighted by molar-refractivity contribution is 0.1000. The normalized spacial score (nSPS) is 13.4. The third-order valence-electron chi connectivity index (χ3n) is 6.53. The molecule has 1 aliphatic rings. The van der Waals surface area contributed by atoms with Gasteiger partial charge in [0.2, 0.25) is 5.91 Å². The maximum atomic E-state index is 13.4. The summed E-state index contributed by atoms with van der Waals surface area (Å²) >= 11 is 0. The number of aromatic amines is 1. The molecule has 1 fully saturated rings. The number of aromatic nitrogens is 4. The molecule has 3 N–H and O–H groups in total. The first-order valence-electron chi connectivity index (χ1n) is 11.7. The number of nitrogens with one attached hydrogen (secondary N) is 1. The summed E-state index contributed by atoms with van der Waals surface area (Å²) in [7, 11) is 1.58. The maximum absolute atomic E-state index is 13.4. The second-order valence-electron chi connectivity index (χ2n) is 8.67. The summed E-state index contributed by atoms with van der Waals surface area (Å²) < 4.78 is 2.69. The zero-order valence-electron chi connectivity index (χ0n) is 20.3. The molecule has 11 heteroatoms. The molecule has 4 aromatic rings. The molecule has 0 unspecified atom stereocenters. The number of nitrogens with zero attached hydrogens (tertiary/aromatic N) is 5. The molecule has 5 rings (SSSR count). The fourth-order valence-corrected chi connectivity index (χ4v) is 4.63. The Hall–Kier alpha value is -4.93. The van der Waals surface area contributed by atoms with Crippen LogP contribution in [0.1, 0.15) is 22.8 Å². The first-order chi connectivity index (χ1) is 17.8. The zero-order chi connectivity index (χ0) is 26.3. The van der Waals surface area contributed by atoms with E-state index in [1.54, 1.807) is 49.6 Å². The fraction of sp³-hybridized carbons (Fsp3) is 0.192. The van der Waals surface area contributed by atoms with Crippen molar-refractivity contribution in [2.75, 3.05) is 22.9 Å². The second-order valence-corrected chi connectivity index (χ2v) is 8.67. The maximum Gasteiger partial charge on any atom is 0.350 e. The van der Waals surface area contributed by atoms with Crippen LogP contribution in [0.5, 0.6) is 0 Å². The number of urea groups is 1. The number of rotatable bonds is 6. The Labute approximate surface area is 211 Å². The highest BCUT2D eigenvalue weighted by atomic mass is 16.2. The molecule has 2 aromatic heterocycles. The Morgan fingerprint density at radius 2 is 1.76 bits per heavy atom. The van der Waals surface area contributed by atoms with Crippen LogP contribution in [0.15, 0.2) is 70.6 Å². The van der Waals surface area contributed by atoms with Gasteiger partial charge in [0, 0.05) is 43.1 Å². The van der Waals surface area contributed by atoms with Gasteiger partial charge in [0.1, 0.15) is 12.0 Å². The van der Waals surface area contributed by atoms with E-state index in [0.717, 1.165) is 16.7 Å². The molecule has 0 atom stereocenters. The van der Waals surface area contributed by atoms with Crippen molar-refractivity contribution in [3.63, 3.8) is 0 Å². The van der Waals surface area contributed by atoms with Gasteiger partial charge in [0.05, 0.1) is 5.69 Å². The van der Waals surface area contributed by atoms with Crippen molar-refractivity contribution in [2.24, 2.45) is 12.8 Å². The number of carbonyl (C=O) groups is 2. The minimum absolute atomic E-state index is 0.258. The third kappa shape index (κ3) is 4.10. The van der Waals surface area contributed by atoms with Crippen LogP contribution in [0.3, 0.4) is 0 Å². The third-order valence-corrected chi connectivity index (χ3v) is 6.53. The van der Waals surface area contributed by atoms with E-state index < -0.39 is 5.91 Å². The number of hydrogen-bond acceptors (Lipinski definition) is 5. The predicted molar refractivity (Wildman–Crippen MR) is 139 cm³/mol. The van der Waals surface area contributed by atoms with E-state index in [1.165, 1.54) is 25.4 Å². The molecule has 2 aromatic carbocycles. The van der Waals surface area contributed by atoms with Crippen molar-refractivity contribution in [1.29, 1.82) is 0 Å². The lowest BCUT2D eigenvalue weighted by Crippen LogP contribution is -2.36. The highest BCUT2D eigenvalue weighted by molar-refractivity contribution is 6.07. The van der Waals surface area contributed by atoms with Gasteiger partial charge in [-0.05, 0) is 47.9 Å². The quantitative estimate of drug-likeness (QED) is 0.418. The molecule has 3 heterocycles. The molecule has 1 saturated heterocycles. The number of anilines is 2. The summed E-state index contributed by atoms with van der Waals surface area (Å²) in [4.78, 5) is 56.0. The number of benzene rings is 2. The van der Waals surface area contributed by atoms with Crippen molar-refractivity contribution in [3.8, 4) is 16.8 Å². The molecule has 1 aliphatic heterocycles. The van der Waals surface area contributed by atoms with E-state index in [9.17, 15) is 19.2 Å². The molecule has 37 heavy (non-hydrogen) atoms. The Bertz CT molecular complexity index is 1630. The highest BCUT2D eigenvalue weighted by Gasteiger charge is 2.34. The minimum Gasteiger partial charge on any atom is -0.366 e. The van der Waals surface area contributed by atoms with Gasteiger partial charge in [-0.2, -0.15) is 5.10 Å². The summed E-state index contributed by atoms with van der Waals surface area (Å²) in [6.07, 6.45) is 3.61. The van der Waals surface area contributed by atoms with Gasteiger partial charge in [0.15, 0.2) is 0 Å². The number of pyridine rings is 1. The van der Waals surface area contributed by atoms with Crippen LogP contribution in [0.4, 0.5) is 16.2 Å². The van der Waals surface area contributed by atoms with Crippen LogP contribution < -0.4 is 26.8 Å². The Balaban J connectivity index is 1.51. The topological polar surface area (TPSA) is 139 Å². The molecule has 0 bridgehead atoms. The number of carbonyl (C=O) groups excluding carboxylic acids is 2. The molecule has 0 spiro atoms. The van der Waals surface area contributed by atoms with Crippen LogP contribution in [0.25, 0.3) is 16.8 Å². The first kappa shape index (κ1) is 23.8. The van der Waals surface area contributed by atoms with E-state index in [4.69, 9.17) is 5.73 Å². The van der Waals surface area contributed by atoms with Gasteiger partial charge in [-0.15, -0.1) is 0 Å². The van der Waals surface area contributed by atoms with Crippen molar-refractivity contribution in [2.45, 2.75) is 13.3 Å². The summed E-state index contributed by atoms with van der Waals surface area (Å²) in [5, 5.41) is 3.98. The number of hydrogen-bond donors (Lipinski definition) is 2. The summed E-state index contributed by atoms with van der Waals surface area (Å²) in [5.41, 5.74) is 8.91. The summed E-state index contributed by atoms with van der Waals surface area (Å²) in [6, 6.07) is 13.5. The largest absolute Gasteiger partial charge is 0.366 e. The number of nitrogens with two attached hydrogens (primary N) is 1. The number of amides is 3. The number of primary amides is 1. The lowest BCUT2D eigenvalue weighted by atomic mass is 9.98. The molecule has 3 amide bonds. The summed E-state index contributed by atoms with van der Waals surface area (Å²) in [6.45, 7) is 2.59. The van der Waals surface area contributed by atoms with Crippen molar-refractivity contribution >= 4 is 23.3 Å². The minimum atomic E-state index is -0.581. The van der Waals surface area contributed by atoms with Crippen molar-refractivity contribution in [3.05, 3.63) is 93.0 Å². The predicted octanol–water partition coefficient (Wildman–Crippen LogP) is 2.03. The molecule has 0 radical (unpaired) electrons. The highest BCUT2D eigenvalue weighted by Crippen LogP contribution is 2.32. The second kappa shape index (κ2) is 9.26. The number of aryl methyl sites for hydroxylation is 1. The molecule has 0 aliphatic carbocycles. The van der Waals surface area contributed by atoms with Gasteiger partial charge in [-0.25, -0.2) is 18.8 Å². The van der Waals surface area contributed by atoms with Gasteiger partial charge in [-0.3, -0.25) is 19.4 Å². The van der Waals surface area contributed by atoms with E-state index in [1.807, 2.05) is 19.1 Å². The lowest BCUT2D eigenvalue weighted by Gasteiger charge is -2.22. The van der Waals surface area contributed by atoms with Gasteiger partial charge in [-0.1, -0.05) is 25.1 Å².